The molecule has 4 N–H and O–H groups in total. The highest BCUT2D eigenvalue weighted by molar-refractivity contribution is 5.90. The highest BCUT2D eigenvalue weighted by Gasteiger charge is 2.21. The summed E-state index contributed by atoms with van der Waals surface area (Å²) >= 11 is 0. The van der Waals surface area contributed by atoms with Gasteiger partial charge in [-0.05, 0) is 36.6 Å². The van der Waals surface area contributed by atoms with Crippen LogP contribution in [0.4, 0.5) is 10.5 Å². The first kappa shape index (κ1) is 15.1. The molecule has 1 aliphatic heterocycles. The molecule has 0 spiro atoms. The Kier molecular flexibility index (Phi) is 4.94. The van der Waals surface area contributed by atoms with Gasteiger partial charge in [0.2, 0.25) is 0 Å². The lowest BCUT2D eigenvalue weighted by Crippen LogP contribution is -2.47. The van der Waals surface area contributed by atoms with E-state index in [1.165, 1.54) is 6.08 Å². The number of likely N-dealkylation sites (tertiary alicyclic amines) is 1. The molecule has 0 bridgehead atoms. The number of piperidine rings is 1. The Morgan fingerprint density at radius 2 is 2.24 bits per heavy atom. The Morgan fingerprint density at radius 1 is 1.43 bits per heavy atom. The predicted octanol–water partition coefficient (Wildman–Crippen LogP) is 1.74. The van der Waals surface area contributed by atoms with Gasteiger partial charge in [0.05, 0.1) is 0 Å². The molecule has 1 heterocycles. The minimum absolute atomic E-state index is 0.0364. The molecule has 1 aromatic carbocycles. The normalized spacial score (nSPS) is 18.7. The highest BCUT2D eigenvalue weighted by atomic mass is 16.4. The summed E-state index contributed by atoms with van der Waals surface area (Å²) in [6.07, 6.45) is 4.40. The van der Waals surface area contributed by atoms with Crippen LogP contribution in [-0.2, 0) is 4.79 Å². The van der Waals surface area contributed by atoms with Crippen molar-refractivity contribution in [1.82, 2.24) is 4.90 Å². The second-order valence-electron chi connectivity index (χ2n) is 5.08. The largest absolute Gasteiger partial charge is 0.478 e. The summed E-state index contributed by atoms with van der Waals surface area (Å²) < 4.78 is 0. The number of anilines is 1. The third kappa shape index (κ3) is 4.61. The fraction of sp³-hybridized carbons (Fsp3) is 0.333. The Morgan fingerprint density at radius 3 is 2.95 bits per heavy atom. The maximum atomic E-state index is 12.1. The Hall–Kier alpha value is -2.34. The van der Waals surface area contributed by atoms with Crippen molar-refractivity contribution in [2.24, 2.45) is 5.73 Å². The standard InChI is InChI=1S/C15H19N3O3/c16-12-4-2-8-18(10-12)15(21)17-13-5-1-3-11(9-13)6-7-14(19)20/h1,3,5-7,9,12H,2,4,8,10,16H2,(H,17,21)(H,19,20)/b7-6+. The number of hydrogen-bond acceptors (Lipinski definition) is 3. The number of nitrogens with zero attached hydrogens (tertiary/aromatic N) is 1. The quantitative estimate of drug-likeness (QED) is 0.738. The third-order valence-electron chi connectivity index (χ3n) is 3.30. The first-order valence-corrected chi connectivity index (χ1v) is 6.87. The molecular weight excluding hydrogens is 270 g/mol. The van der Waals surface area contributed by atoms with Crippen LogP contribution in [0.5, 0.6) is 0 Å². The van der Waals surface area contributed by atoms with E-state index in [2.05, 4.69) is 5.32 Å². The van der Waals surface area contributed by atoms with E-state index in [1.54, 1.807) is 29.2 Å². The van der Waals surface area contributed by atoms with E-state index < -0.39 is 5.97 Å². The monoisotopic (exact) mass is 289 g/mol. The van der Waals surface area contributed by atoms with Gasteiger partial charge in [-0.3, -0.25) is 0 Å². The summed E-state index contributed by atoms with van der Waals surface area (Å²) in [6.45, 7) is 1.27. The van der Waals surface area contributed by atoms with Crippen LogP contribution in [-0.4, -0.2) is 41.1 Å². The van der Waals surface area contributed by atoms with Crippen molar-refractivity contribution in [3.8, 4) is 0 Å². The second-order valence-corrected chi connectivity index (χ2v) is 5.08. The molecule has 112 valence electrons. The van der Waals surface area contributed by atoms with Crippen LogP contribution < -0.4 is 11.1 Å². The van der Waals surface area contributed by atoms with Gasteiger partial charge in [0.15, 0.2) is 0 Å². The van der Waals surface area contributed by atoms with Gasteiger partial charge in [-0.1, -0.05) is 12.1 Å². The van der Waals surface area contributed by atoms with Crippen molar-refractivity contribution in [3.05, 3.63) is 35.9 Å². The van der Waals surface area contributed by atoms with Gasteiger partial charge in [-0.2, -0.15) is 0 Å². The van der Waals surface area contributed by atoms with E-state index in [4.69, 9.17) is 10.8 Å². The van der Waals surface area contributed by atoms with Crippen LogP contribution in [0.25, 0.3) is 6.08 Å². The Labute approximate surface area is 123 Å². The number of hydrogen-bond donors (Lipinski definition) is 3. The minimum Gasteiger partial charge on any atom is -0.478 e. The number of carbonyl (C=O) groups is 2. The predicted molar refractivity (Wildman–Crippen MR) is 80.9 cm³/mol. The number of carbonyl (C=O) groups excluding carboxylic acids is 1. The fourth-order valence-corrected chi connectivity index (χ4v) is 2.28. The van der Waals surface area contributed by atoms with Gasteiger partial charge in [0.1, 0.15) is 0 Å². The van der Waals surface area contributed by atoms with E-state index in [1.807, 2.05) is 0 Å². The van der Waals surface area contributed by atoms with Crippen molar-refractivity contribution in [2.75, 3.05) is 18.4 Å². The van der Waals surface area contributed by atoms with Gasteiger partial charge in [-0.25, -0.2) is 9.59 Å². The van der Waals surface area contributed by atoms with Gasteiger partial charge >= 0.3 is 12.0 Å². The zero-order valence-electron chi connectivity index (χ0n) is 11.7. The SMILES string of the molecule is NC1CCCN(C(=O)Nc2cccc(/C=C/C(=O)O)c2)C1. The molecule has 6 heteroatoms. The number of amides is 2. The van der Waals surface area contributed by atoms with E-state index in [0.29, 0.717) is 24.3 Å². The number of nitrogens with one attached hydrogen (secondary N) is 1. The van der Waals surface area contributed by atoms with Crippen molar-refractivity contribution in [3.63, 3.8) is 0 Å². The van der Waals surface area contributed by atoms with E-state index in [-0.39, 0.29) is 12.1 Å². The summed E-state index contributed by atoms with van der Waals surface area (Å²) in [4.78, 5) is 24.3. The summed E-state index contributed by atoms with van der Waals surface area (Å²) in [5.41, 5.74) is 7.21. The minimum atomic E-state index is -1.01. The lowest BCUT2D eigenvalue weighted by Gasteiger charge is -2.30. The zero-order valence-corrected chi connectivity index (χ0v) is 11.7. The van der Waals surface area contributed by atoms with Crippen molar-refractivity contribution < 1.29 is 14.7 Å². The first-order chi connectivity index (χ1) is 10.0. The van der Waals surface area contributed by atoms with Crippen LogP contribution in [0, 0.1) is 0 Å². The number of benzene rings is 1. The van der Waals surface area contributed by atoms with Crippen molar-refractivity contribution in [1.29, 1.82) is 0 Å². The molecular formula is C15H19N3O3. The number of urea groups is 1. The molecule has 1 saturated heterocycles. The molecule has 2 amide bonds. The molecule has 2 rings (SSSR count). The summed E-state index contributed by atoms with van der Waals surface area (Å²) in [7, 11) is 0. The smallest absolute Gasteiger partial charge is 0.328 e. The van der Waals surface area contributed by atoms with Crippen LogP contribution in [0.1, 0.15) is 18.4 Å². The maximum absolute atomic E-state index is 12.1. The molecule has 1 unspecified atom stereocenters. The molecule has 0 aromatic heterocycles. The van der Waals surface area contributed by atoms with Crippen LogP contribution in [0.15, 0.2) is 30.3 Å². The lowest BCUT2D eigenvalue weighted by atomic mass is 10.1. The molecule has 21 heavy (non-hydrogen) atoms. The number of nitrogens with two attached hydrogens (primary N) is 1. The topological polar surface area (TPSA) is 95.7 Å². The number of carboxylic acid groups (broad SMARTS) is 1. The Bertz CT molecular complexity index is 557. The summed E-state index contributed by atoms with van der Waals surface area (Å²) in [5, 5.41) is 11.4. The van der Waals surface area contributed by atoms with Crippen LogP contribution in [0.3, 0.4) is 0 Å². The fourth-order valence-electron chi connectivity index (χ4n) is 2.28. The molecule has 1 aliphatic rings. The molecule has 6 nitrogen and oxygen atoms in total. The van der Waals surface area contributed by atoms with Gasteiger partial charge in [0, 0.05) is 30.9 Å². The number of carboxylic acids is 1. The first-order valence-electron chi connectivity index (χ1n) is 6.87. The van der Waals surface area contributed by atoms with Gasteiger partial charge < -0.3 is 21.1 Å². The molecule has 0 aliphatic carbocycles. The average molecular weight is 289 g/mol. The summed E-state index contributed by atoms with van der Waals surface area (Å²) in [6, 6.07) is 6.88. The van der Waals surface area contributed by atoms with E-state index >= 15 is 0 Å². The second kappa shape index (κ2) is 6.90. The van der Waals surface area contributed by atoms with Crippen LogP contribution >= 0.6 is 0 Å². The van der Waals surface area contributed by atoms with E-state index in [0.717, 1.165) is 18.9 Å². The van der Waals surface area contributed by atoms with Crippen molar-refractivity contribution >= 4 is 23.8 Å². The Balaban J connectivity index is 2.00. The molecule has 0 radical (unpaired) electrons. The van der Waals surface area contributed by atoms with E-state index in [9.17, 15) is 9.59 Å². The van der Waals surface area contributed by atoms with Gasteiger partial charge in [0.25, 0.3) is 0 Å². The maximum Gasteiger partial charge on any atom is 0.328 e. The highest BCUT2D eigenvalue weighted by Crippen LogP contribution is 2.14. The molecule has 1 atom stereocenters. The van der Waals surface area contributed by atoms with Crippen LogP contribution in [0.2, 0.25) is 0 Å². The zero-order chi connectivity index (χ0) is 15.2. The number of rotatable bonds is 3. The molecule has 0 saturated carbocycles. The van der Waals surface area contributed by atoms with Gasteiger partial charge in [-0.15, -0.1) is 0 Å². The molecule has 1 aromatic rings. The molecule has 1 fully saturated rings. The summed E-state index contributed by atoms with van der Waals surface area (Å²) in [5.74, 6) is -1.01. The lowest BCUT2D eigenvalue weighted by molar-refractivity contribution is -0.131. The third-order valence-corrected chi connectivity index (χ3v) is 3.30. The average Bonchev–Trinajstić information content (AvgIpc) is 2.45. The van der Waals surface area contributed by atoms with Crippen molar-refractivity contribution in [2.45, 2.75) is 18.9 Å². The number of aliphatic carboxylic acids is 1.